The van der Waals surface area contributed by atoms with E-state index < -0.39 is 6.10 Å². The van der Waals surface area contributed by atoms with E-state index in [4.69, 9.17) is 9.47 Å². The largest absolute Gasteiger partial charge is 0.493 e. The maximum atomic E-state index is 13.0. The molecule has 3 rings (SSSR count). The monoisotopic (exact) mass is 417 g/mol. The Morgan fingerprint density at radius 2 is 1.62 bits per heavy atom. The Morgan fingerprint density at radius 3 is 2.31 bits per heavy atom. The molecule has 0 aromatic heterocycles. The Morgan fingerprint density at radius 1 is 0.931 bits per heavy atom. The van der Waals surface area contributed by atoms with E-state index in [-0.39, 0.29) is 18.2 Å². The first-order valence-corrected chi connectivity index (χ1v) is 9.13. The molecule has 0 bridgehead atoms. The van der Waals surface area contributed by atoms with Gasteiger partial charge in [-0.3, -0.25) is 0 Å². The Kier molecular flexibility index (Phi) is 8.93. The normalized spacial score (nSPS) is 11.4. The number of hydrogen-bond acceptors (Lipinski definition) is 4. The summed E-state index contributed by atoms with van der Waals surface area (Å²) < 4.78 is 24.2. The van der Waals surface area contributed by atoms with Crippen molar-refractivity contribution < 1.29 is 19.0 Å². The van der Waals surface area contributed by atoms with Crippen molar-refractivity contribution in [2.45, 2.75) is 19.3 Å². The molecule has 0 aliphatic rings. The highest BCUT2D eigenvalue weighted by Gasteiger charge is 2.09. The first-order valence-electron chi connectivity index (χ1n) is 9.13. The van der Waals surface area contributed by atoms with E-state index in [2.05, 4.69) is 5.32 Å². The van der Waals surface area contributed by atoms with Gasteiger partial charge in [0, 0.05) is 13.1 Å². The lowest BCUT2D eigenvalue weighted by molar-refractivity contribution is 0.174. The van der Waals surface area contributed by atoms with Crippen LogP contribution in [-0.2, 0) is 13.2 Å². The summed E-state index contributed by atoms with van der Waals surface area (Å²) in [7, 11) is 1.59. The molecule has 29 heavy (non-hydrogen) atoms. The first-order chi connectivity index (χ1) is 13.7. The van der Waals surface area contributed by atoms with E-state index in [0.29, 0.717) is 31.2 Å². The van der Waals surface area contributed by atoms with Gasteiger partial charge >= 0.3 is 0 Å². The van der Waals surface area contributed by atoms with Gasteiger partial charge in [0.25, 0.3) is 0 Å². The highest BCUT2D eigenvalue weighted by Crippen LogP contribution is 2.29. The van der Waals surface area contributed by atoms with Crippen molar-refractivity contribution in [3.8, 4) is 11.5 Å². The summed E-state index contributed by atoms with van der Waals surface area (Å²) in [6.45, 7) is 1.38. The lowest BCUT2D eigenvalue weighted by atomic mass is 10.1. The lowest BCUT2D eigenvalue weighted by Crippen LogP contribution is -2.21. The van der Waals surface area contributed by atoms with Gasteiger partial charge in [0.1, 0.15) is 12.4 Å². The van der Waals surface area contributed by atoms with Crippen LogP contribution in [0.1, 0.15) is 22.8 Å². The van der Waals surface area contributed by atoms with Crippen molar-refractivity contribution in [3.63, 3.8) is 0 Å². The molecule has 0 fully saturated rings. The molecule has 154 valence electrons. The zero-order valence-electron chi connectivity index (χ0n) is 16.2. The van der Waals surface area contributed by atoms with E-state index in [1.165, 1.54) is 12.1 Å². The van der Waals surface area contributed by atoms with Gasteiger partial charge in [0.15, 0.2) is 11.5 Å². The van der Waals surface area contributed by atoms with Crippen molar-refractivity contribution in [3.05, 3.63) is 95.3 Å². The highest BCUT2D eigenvalue weighted by molar-refractivity contribution is 5.85. The summed E-state index contributed by atoms with van der Waals surface area (Å²) in [5, 5.41) is 13.5. The summed E-state index contributed by atoms with van der Waals surface area (Å²) >= 11 is 0. The molecule has 0 heterocycles. The highest BCUT2D eigenvalue weighted by atomic mass is 35.5. The fourth-order valence-electron chi connectivity index (χ4n) is 2.83. The molecule has 0 aliphatic carbocycles. The fraction of sp³-hybridized carbons (Fsp3) is 0.217. The van der Waals surface area contributed by atoms with E-state index in [1.807, 2.05) is 48.5 Å². The number of ether oxygens (including phenoxy) is 2. The maximum absolute atomic E-state index is 13.0. The molecule has 0 aliphatic heterocycles. The zero-order chi connectivity index (χ0) is 19.8. The van der Waals surface area contributed by atoms with Crippen LogP contribution in [0.5, 0.6) is 11.5 Å². The van der Waals surface area contributed by atoms with Crippen LogP contribution in [0.2, 0.25) is 0 Å². The third-order valence-corrected chi connectivity index (χ3v) is 4.39. The molecule has 0 radical (unpaired) electrons. The van der Waals surface area contributed by atoms with Gasteiger partial charge < -0.3 is 19.9 Å². The second kappa shape index (κ2) is 11.4. The fourth-order valence-corrected chi connectivity index (χ4v) is 2.83. The van der Waals surface area contributed by atoms with Crippen LogP contribution < -0.4 is 14.8 Å². The van der Waals surface area contributed by atoms with Gasteiger partial charge in [-0.15, -0.1) is 12.4 Å². The van der Waals surface area contributed by atoms with Crippen LogP contribution in [0.15, 0.2) is 72.8 Å². The smallest absolute Gasteiger partial charge is 0.161 e. The molecular formula is C23H25ClFNO3. The molecule has 0 saturated heterocycles. The Hall–Kier alpha value is -2.60. The number of hydrogen-bond donors (Lipinski definition) is 2. The summed E-state index contributed by atoms with van der Waals surface area (Å²) in [6.07, 6.45) is -0.554. The van der Waals surface area contributed by atoms with Crippen LogP contribution in [0.3, 0.4) is 0 Å². The second-order valence-corrected chi connectivity index (χ2v) is 6.46. The molecule has 3 aromatic carbocycles. The number of rotatable bonds is 9. The van der Waals surface area contributed by atoms with Crippen molar-refractivity contribution in [1.82, 2.24) is 5.32 Å². The Bertz CT molecular complexity index is 875. The minimum atomic E-state index is -0.554. The number of nitrogens with one attached hydrogen (secondary N) is 1. The van der Waals surface area contributed by atoms with Gasteiger partial charge in [-0.1, -0.05) is 48.5 Å². The van der Waals surface area contributed by atoms with Crippen LogP contribution in [-0.4, -0.2) is 18.8 Å². The average Bonchev–Trinajstić information content (AvgIpc) is 2.74. The van der Waals surface area contributed by atoms with Crippen LogP contribution in [0.4, 0.5) is 4.39 Å². The minimum absolute atomic E-state index is 0. The van der Waals surface area contributed by atoms with Crippen LogP contribution in [0, 0.1) is 5.82 Å². The van der Waals surface area contributed by atoms with Gasteiger partial charge in [0.2, 0.25) is 0 Å². The third kappa shape index (κ3) is 6.75. The summed E-state index contributed by atoms with van der Waals surface area (Å²) in [6, 6.07) is 21.5. The number of aliphatic hydroxyl groups is 1. The predicted octanol–water partition coefficient (Wildman–Crippen LogP) is 4.66. The summed E-state index contributed by atoms with van der Waals surface area (Å²) in [5.41, 5.74) is 2.78. The van der Waals surface area contributed by atoms with Gasteiger partial charge in [0.05, 0.1) is 13.2 Å². The number of methoxy groups -OCH3 is 1. The number of aliphatic hydroxyl groups excluding tert-OH is 1. The molecule has 0 amide bonds. The van der Waals surface area contributed by atoms with Crippen molar-refractivity contribution >= 4 is 12.4 Å². The molecule has 6 heteroatoms. The van der Waals surface area contributed by atoms with E-state index in [0.717, 1.165) is 16.7 Å². The van der Waals surface area contributed by atoms with E-state index in [1.54, 1.807) is 19.2 Å². The van der Waals surface area contributed by atoms with Gasteiger partial charge in [-0.2, -0.15) is 0 Å². The van der Waals surface area contributed by atoms with Crippen molar-refractivity contribution in [2.24, 2.45) is 0 Å². The number of halogens is 2. The second-order valence-electron chi connectivity index (χ2n) is 6.46. The molecular weight excluding hydrogens is 393 g/mol. The van der Waals surface area contributed by atoms with Crippen LogP contribution >= 0.6 is 12.4 Å². The predicted molar refractivity (Wildman–Crippen MR) is 114 cm³/mol. The van der Waals surface area contributed by atoms with Gasteiger partial charge in [-0.05, 0) is 41.0 Å². The summed E-state index contributed by atoms with van der Waals surface area (Å²) in [5.74, 6) is 0.987. The maximum Gasteiger partial charge on any atom is 0.161 e. The molecule has 4 nitrogen and oxygen atoms in total. The average molecular weight is 418 g/mol. The van der Waals surface area contributed by atoms with Crippen molar-refractivity contribution in [1.29, 1.82) is 0 Å². The van der Waals surface area contributed by atoms with E-state index >= 15 is 0 Å². The van der Waals surface area contributed by atoms with Crippen LogP contribution in [0.25, 0.3) is 0 Å². The number of benzene rings is 3. The Balaban J connectivity index is 0.00000300. The molecule has 2 N–H and O–H groups in total. The standard InChI is InChI=1S/C23H24FNO3.ClH/c1-27-23-13-18(14-25-15-21(26)19-5-3-2-4-6-19)9-12-22(23)28-16-17-7-10-20(24)11-8-17;/h2-13,21,25-26H,14-16H2,1H3;1H. The van der Waals surface area contributed by atoms with E-state index in [9.17, 15) is 9.50 Å². The molecule has 3 aromatic rings. The molecule has 1 unspecified atom stereocenters. The molecule has 1 atom stereocenters. The third-order valence-electron chi connectivity index (χ3n) is 4.39. The molecule has 0 saturated carbocycles. The first kappa shape index (κ1) is 22.7. The zero-order valence-corrected chi connectivity index (χ0v) is 17.0. The quantitative estimate of drug-likeness (QED) is 0.531. The summed E-state index contributed by atoms with van der Waals surface area (Å²) in [4.78, 5) is 0. The molecule has 0 spiro atoms. The van der Waals surface area contributed by atoms with Crippen molar-refractivity contribution in [2.75, 3.05) is 13.7 Å². The SMILES string of the molecule is COc1cc(CNCC(O)c2ccccc2)ccc1OCc1ccc(F)cc1.Cl. The lowest BCUT2D eigenvalue weighted by Gasteiger charge is -2.14. The topological polar surface area (TPSA) is 50.7 Å². The Labute approximate surface area is 176 Å². The minimum Gasteiger partial charge on any atom is -0.493 e. The van der Waals surface area contributed by atoms with Gasteiger partial charge in [-0.25, -0.2) is 4.39 Å².